The first kappa shape index (κ1) is 19.3. The van der Waals surface area contributed by atoms with E-state index >= 15 is 0 Å². The van der Waals surface area contributed by atoms with E-state index in [1.165, 1.54) is 18.2 Å². The zero-order valence-electron chi connectivity index (χ0n) is 13.0. The Bertz CT molecular complexity index is 703. The average molecular weight is 348 g/mol. The van der Waals surface area contributed by atoms with Crippen LogP contribution in [-0.4, -0.2) is 22.2 Å². The van der Waals surface area contributed by atoms with Gasteiger partial charge in [0.15, 0.2) is 0 Å². The molecule has 0 aliphatic carbocycles. The quantitative estimate of drug-likeness (QED) is 0.255. The first-order chi connectivity index (χ1) is 11.3. The highest BCUT2D eigenvalue weighted by atomic mass is 32.1. The van der Waals surface area contributed by atoms with Crippen LogP contribution in [0.25, 0.3) is 0 Å². The molecule has 1 aromatic carbocycles. The number of rotatable bonds is 8. The van der Waals surface area contributed by atoms with E-state index in [9.17, 15) is 14.9 Å². The molecule has 126 valence electrons. The van der Waals surface area contributed by atoms with E-state index in [4.69, 9.17) is 21.2 Å². The van der Waals surface area contributed by atoms with Crippen molar-refractivity contribution in [2.45, 2.75) is 31.1 Å². The fourth-order valence-corrected chi connectivity index (χ4v) is 1.81. The zero-order chi connectivity index (χ0) is 18.2. The van der Waals surface area contributed by atoms with Gasteiger partial charge in [0.1, 0.15) is 19.0 Å². The number of nitro benzene ring substituents is 1. The Morgan fingerprint density at radius 3 is 2.83 bits per heavy atom. The monoisotopic (exact) mass is 348 g/mol. The molecule has 0 aliphatic rings. The molecule has 1 rings (SSSR count). The van der Waals surface area contributed by atoms with Crippen molar-refractivity contribution < 1.29 is 19.2 Å². The van der Waals surface area contributed by atoms with Crippen LogP contribution < -0.4 is 4.74 Å². The van der Waals surface area contributed by atoms with Crippen LogP contribution in [-0.2, 0) is 16.1 Å². The molecule has 0 fully saturated rings. The van der Waals surface area contributed by atoms with Crippen LogP contribution >= 0.6 is 12.6 Å². The number of nitrogens with zero attached hydrogens (tertiary/aromatic N) is 2. The van der Waals surface area contributed by atoms with Crippen LogP contribution in [0.1, 0.15) is 25.3 Å². The van der Waals surface area contributed by atoms with Gasteiger partial charge in [-0.05, 0) is 25.5 Å². The molecular weight excluding hydrogens is 332 g/mol. The first-order valence-electron chi connectivity index (χ1n) is 6.92. The minimum atomic E-state index is -0.937. The molecule has 0 bridgehead atoms. The molecule has 1 aromatic rings. The fourth-order valence-electron chi connectivity index (χ4n) is 1.70. The van der Waals surface area contributed by atoms with Gasteiger partial charge in [-0.25, -0.2) is 0 Å². The van der Waals surface area contributed by atoms with Crippen LogP contribution in [0.5, 0.6) is 5.75 Å². The van der Waals surface area contributed by atoms with Crippen molar-refractivity contribution in [1.29, 1.82) is 5.26 Å². The summed E-state index contributed by atoms with van der Waals surface area (Å²) in [6.07, 6.45) is 5.28. The maximum absolute atomic E-state index is 11.7. The van der Waals surface area contributed by atoms with Crippen LogP contribution in [0.2, 0.25) is 0 Å². The maximum Gasteiger partial charge on any atom is 0.306 e. The van der Waals surface area contributed by atoms with E-state index in [1.807, 2.05) is 6.07 Å². The fraction of sp³-hybridized carbons (Fsp3) is 0.375. The number of hydrogen-bond donors (Lipinski definition) is 1. The second-order valence-electron chi connectivity index (χ2n) is 5.09. The Hall–Kier alpha value is -2.71. The number of thiol groups is 1. The third-order valence-electron chi connectivity index (χ3n) is 3.02. The molecule has 1 unspecified atom stereocenters. The van der Waals surface area contributed by atoms with Crippen LogP contribution in [0.4, 0.5) is 5.69 Å². The summed E-state index contributed by atoms with van der Waals surface area (Å²) in [6.45, 7) is 1.32. The summed E-state index contributed by atoms with van der Waals surface area (Å²) in [4.78, 5) is 22.2. The zero-order valence-corrected chi connectivity index (χ0v) is 13.9. The predicted molar refractivity (Wildman–Crippen MR) is 89.5 cm³/mol. The van der Waals surface area contributed by atoms with Gasteiger partial charge >= 0.3 is 5.97 Å². The summed E-state index contributed by atoms with van der Waals surface area (Å²) in [5, 5.41) is 19.9. The minimum Gasteiger partial charge on any atom is -0.481 e. The Labute approximate surface area is 145 Å². The average Bonchev–Trinajstić information content (AvgIpc) is 2.56. The summed E-state index contributed by atoms with van der Waals surface area (Å²) in [7, 11) is 0. The van der Waals surface area contributed by atoms with Gasteiger partial charge in [-0.1, -0.05) is 5.92 Å². The molecule has 1 atom stereocenters. The lowest BCUT2D eigenvalue weighted by Gasteiger charge is -2.13. The third-order valence-corrected chi connectivity index (χ3v) is 3.34. The molecule has 7 nitrogen and oxygen atoms in total. The van der Waals surface area contributed by atoms with Crippen LogP contribution in [0, 0.1) is 33.8 Å². The number of nitro groups is 1. The maximum atomic E-state index is 11.7. The number of esters is 1. The lowest BCUT2D eigenvalue weighted by atomic mass is 10.1. The summed E-state index contributed by atoms with van der Waals surface area (Å²) in [6, 6.07) is 6.04. The molecule has 8 heteroatoms. The van der Waals surface area contributed by atoms with Crippen LogP contribution in [0.3, 0.4) is 0 Å². The Morgan fingerprint density at radius 1 is 1.54 bits per heavy atom. The molecule has 0 saturated carbocycles. The first-order valence-corrected chi connectivity index (χ1v) is 7.36. The number of hydrogen-bond acceptors (Lipinski definition) is 7. The molecule has 0 aromatic heterocycles. The summed E-state index contributed by atoms with van der Waals surface area (Å²) < 4.78 is 9.30. The topological polar surface area (TPSA) is 102 Å². The SMILES string of the molecule is C#CCOc1ccc([N+](=O)[O-])c(COC(=O)CCC(C)(S)C#N)c1. The number of benzene rings is 1. The predicted octanol–water partition coefficient (Wildman–Crippen LogP) is 2.64. The number of carbonyl (C=O) groups excluding carboxylic acids is 1. The van der Waals surface area contributed by atoms with Gasteiger partial charge in [-0.2, -0.15) is 17.9 Å². The van der Waals surface area contributed by atoms with Crippen molar-refractivity contribution in [1.82, 2.24) is 0 Å². The highest BCUT2D eigenvalue weighted by Crippen LogP contribution is 2.25. The molecule has 24 heavy (non-hydrogen) atoms. The molecule has 0 aliphatic heterocycles. The van der Waals surface area contributed by atoms with Crippen molar-refractivity contribution >= 4 is 24.3 Å². The summed E-state index contributed by atoms with van der Waals surface area (Å²) >= 11 is 4.10. The number of carbonyl (C=O) groups is 1. The van der Waals surface area contributed by atoms with E-state index < -0.39 is 15.6 Å². The van der Waals surface area contributed by atoms with Gasteiger partial charge in [-0.3, -0.25) is 14.9 Å². The molecule has 0 radical (unpaired) electrons. The molecule has 0 heterocycles. The normalized spacial score (nSPS) is 12.3. The van der Waals surface area contributed by atoms with Gasteiger partial charge in [-0.15, -0.1) is 6.42 Å². The Morgan fingerprint density at radius 2 is 2.25 bits per heavy atom. The van der Waals surface area contributed by atoms with Gasteiger partial charge < -0.3 is 9.47 Å². The summed E-state index contributed by atoms with van der Waals surface area (Å²) in [5.41, 5.74) is 0.00343. The van der Waals surface area contributed by atoms with Gasteiger partial charge in [0.25, 0.3) is 5.69 Å². The van der Waals surface area contributed by atoms with E-state index in [2.05, 4.69) is 18.5 Å². The Balaban J connectivity index is 2.74. The van der Waals surface area contributed by atoms with Crippen molar-refractivity contribution in [3.63, 3.8) is 0 Å². The summed E-state index contributed by atoms with van der Waals surface area (Å²) in [5.74, 6) is 2.05. The van der Waals surface area contributed by atoms with E-state index in [0.29, 0.717) is 5.75 Å². The lowest BCUT2D eigenvalue weighted by Crippen LogP contribution is -2.16. The standard InChI is InChI=1S/C16H16N2O5S/c1-3-8-22-13-4-5-14(18(20)21)12(9-13)10-23-15(19)6-7-16(2,24)11-17/h1,4-5,9,24H,6-8,10H2,2H3. The molecule has 0 spiro atoms. The number of nitriles is 1. The van der Waals surface area contributed by atoms with Crippen molar-refractivity contribution in [2.24, 2.45) is 0 Å². The molecule has 0 N–H and O–H groups in total. The lowest BCUT2D eigenvalue weighted by molar-refractivity contribution is -0.385. The smallest absolute Gasteiger partial charge is 0.306 e. The number of ether oxygens (including phenoxy) is 2. The largest absolute Gasteiger partial charge is 0.481 e. The number of terminal acetylenes is 1. The van der Waals surface area contributed by atoms with E-state index in [-0.39, 0.29) is 37.3 Å². The minimum absolute atomic E-state index is 0.0192. The van der Waals surface area contributed by atoms with Crippen molar-refractivity contribution in [3.8, 4) is 24.2 Å². The second-order valence-corrected chi connectivity index (χ2v) is 6.07. The highest BCUT2D eigenvalue weighted by Gasteiger charge is 2.21. The van der Waals surface area contributed by atoms with Gasteiger partial charge in [0, 0.05) is 12.5 Å². The van der Waals surface area contributed by atoms with Crippen molar-refractivity contribution in [2.75, 3.05) is 6.61 Å². The molecular formula is C16H16N2O5S. The second kappa shape index (κ2) is 8.80. The third kappa shape index (κ3) is 6.19. The van der Waals surface area contributed by atoms with E-state index in [1.54, 1.807) is 6.92 Å². The van der Waals surface area contributed by atoms with E-state index in [0.717, 1.165) is 0 Å². The highest BCUT2D eigenvalue weighted by molar-refractivity contribution is 7.82. The Kier molecular flexibility index (Phi) is 7.09. The van der Waals surface area contributed by atoms with Gasteiger partial charge in [0.2, 0.25) is 0 Å². The van der Waals surface area contributed by atoms with Crippen molar-refractivity contribution in [3.05, 3.63) is 33.9 Å². The van der Waals surface area contributed by atoms with Gasteiger partial charge in [0.05, 0.1) is 21.3 Å². The molecule has 0 amide bonds. The van der Waals surface area contributed by atoms with Crippen LogP contribution in [0.15, 0.2) is 18.2 Å². The molecule has 0 saturated heterocycles.